The van der Waals surface area contributed by atoms with Crippen LogP contribution in [0.25, 0.3) is 0 Å². The first-order chi connectivity index (χ1) is 14.4. The maximum atomic E-state index is 11.5. The van der Waals surface area contributed by atoms with Crippen molar-refractivity contribution in [3.63, 3.8) is 0 Å². The molecule has 2 heterocycles. The summed E-state index contributed by atoms with van der Waals surface area (Å²) in [6, 6.07) is 7.74. The van der Waals surface area contributed by atoms with E-state index < -0.39 is 38.1 Å². The van der Waals surface area contributed by atoms with Crippen molar-refractivity contribution < 1.29 is 51.8 Å². The van der Waals surface area contributed by atoms with Crippen molar-refractivity contribution in [3.8, 4) is 0 Å². The van der Waals surface area contributed by atoms with Gasteiger partial charge in [-0.15, -0.1) is 0 Å². The third kappa shape index (κ3) is 6.12. The molecule has 2 aromatic rings. The molecule has 2 bridgehead atoms. The van der Waals surface area contributed by atoms with Crippen molar-refractivity contribution in [2.75, 3.05) is 13.2 Å². The van der Waals surface area contributed by atoms with Crippen molar-refractivity contribution in [1.82, 2.24) is 0 Å². The SMILES string of the molecule is O=C(O)c1cccc(C(=O)O)c1S(=O)(=O)O.O=C1OCCOC(=O)c2ccc1c[c]2[Na]. The third-order valence-electron chi connectivity index (χ3n) is 3.97. The molecule has 0 atom stereocenters. The number of esters is 2. The Labute approximate surface area is 192 Å². The minimum atomic E-state index is -4.92. The monoisotopic (exact) mass is 460 g/mol. The molecule has 158 valence electrons. The van der Waals surface area contributed by atoms with Gasteiger partial charge in [-0.3, -0.25) is 4.55 Å². The number of benzene rings is 2. The van der Waals surface area contributed by atoms with Gasteiger partial charge in [0.25, 0.3) is 10.1 Å². The van der Waals surface area contributed by atoms with Crippen LogP contribution in [0.2, 0.25) is 0 Å². The van der Waals surface area contributed by atoms with Gasteiger partial charge in [0.15, 0.2) is 0 Å². The number of fused-ring (bicyclic) bond motifs is 7. The normalized spacial score (nSPS) is 13.4. The zero-order valence-electron chi connectivity index (χ0n) is 15.9. The molecular weight excluding hydrogens is 447 g/mol. The predicted octanol–water partition coefficient (Wildman–Crippen LogP) is 0.137. The molecule has 13 heteroatoms. The number of aromatic carboxylic acids is 2. The minimum absolute atomic E-state index is 0.111. The first kappa shape index (κ1) is 24.5. The number of carbonyl (C=O) groups is 4. The van der Waals surface area contributed by atoms with Crippen molar-refractivity contribution in [3.05, 3.63) is 58.7 Å². The summed E-state index contributed by atoms with van der Waals surface area (Å²) >= 11 is 0.690. The average Bonchev–Trinajstić information content (AvgIpc) is 2.69. The average molecular weight is 460 g/mol. The number of hydrogen-bond donors (Lipinski definition) is 3. The second kappa shape index (κ2) is 10.0. The molecule has 0 fully saturated rings. The van der Waals surface area contributed by atoms with Crippen molar-refractivity contribution in [2.45, 2.75) is 4.90 Å². The van der Waals surface area contributed by atoms with Crippen LogP contribution in [0.15, 0.2) is 41.3 Å². The van der Waals surface area contributed by atoms with E-state index in [1.54, 1.807) is 18.2 Å². The van der Waals surface area contributed by atoms with Crippen LogP contribution >= 0.6 is 0 Å². The van der Waals surface area contributed by atoms with Gasteiger partial charge in [0.05, 0.1) is 11.1 Å². The van der Waals surface area contributed by atoms with Gasteiger partial charge < -0.3 is 10.2 Å². The fourth-order valence-electron chi connectivity index (χ4n) is 2.60. The summed E-state index contributed by atoms with van der Waals surface area (Å²) in [6.07, 6.45) is 0. The zero-order chi connectivity index (χ0) is 23.3. The molecule has 0 amide bonds. The standard InChI is InChI=1S/C10H7O4.C8H6O7S.Na/c11-9-7-1-2-8(4-3-7)10(12)14-6-5-13-9;9-7(10)4-2-1-3-5(8(11)12)6(4)16(13,14)15;/h1-3H,5-6H2;1-3H,(H,9,10)(H,11,12)(H,13,14,15);. The van der Waals surface area contributed by atoms with Gasteiger partial charge in [0.1, 0.15) is 4.90 Å². The Morgan fingerprint density at radius 1 is 0.903 bits per heavy atom. The molecule has 0 saturated carbocycles. The van der Waals surface area contributed by atoms with Gasteiger partial charge in [0, 0.05) is 0 Å². The van der Waals surface area contributed by atoms with Crippen LogP contribution in [0.1, 0.15) is 41.4 Å². The molecular formula is C18H13NaO11S. The molecule has 0 radical (unpaired) electrons. The van der Waals surface area contributed by atoms with Crippen molar-refractivity contribution in [2.24, 2.45) is 0 Å². The van der Waals surface area contributed by atoms with Crippen LogP contribution in [-0.2, 0) is 19.6 Å². The maximum absolute atomic E-state index is 11.5. The van der Waals surface area contributed by atoms with E-state index in [9.17, 15) is 27.6 Å². The predicted molar refractivity (Wildman–Crippen MR) is 103 cm³/mol. The Morgan fingerprint density at radius 2 is 1.42 bits per heavy atom. The number of rotatable bonds is 3. The molecule has 31 heavy (non-hydrogen) atoms. The van der Waals surface area contributed by atoms with E-state index in [2.05, 4.69) is 0 Å². The fraction of sp³-hybridized carbons (Fsp3) is 0.111. The molecule has 11 nitrogen and oxygen atoms in total. The van der Waals surface area contributed by atoms with Crippen molar-refractivity contribution in [1.29, 1.82) is 0 Å². The van der Waals surface area contributed by atoms with Crippen molar-refractivity contribution >= 4 is 64.7 Å². The summed E-state index contributed by atoms with van der Waals surface area (Å²) in [5, 5.41) is 17.3. The van der Waals surface area contributed by atoms with E-state index in [4.69, 9.17) is 24.2 Å². The number of ether oxygens (including phenoxy) is 2. The summed E-state index contributed by atoms with van der Waals surface area (Å²) in [6.45, 7) is 0.226. The van der Waals surface area contributed by atoms with Gasteiger partial charge in [-0.05, 0) is 12.1 Å². The van der Waals surface area contributed by atoms with Gasteiger partial charge in [-0.25, -0.2) is 9.59 Å². The number of hydrogen-bond acceptors (Lipinski definition) is 8. The van der Waals surface area contributed by atoms with Gasteiger partial charge in [-0.1, -0.05) is 6.07 Å². The Hall–Kier alpha value is -2.77. The summed E-state index contributed by atoms with van der Waals surface area (Å²) in [5.74, 6) is -3.99. The summed E-state index contributed by atoms with van der Waals surface area (Å²) in [4.78, 5) is 43.2. The topological polar surface area (TPSA) is 182 Å². The molecule has 4 rings (SSSR count). The van der Waals surface area contributed by atoms with Gasteiger partial charge >= 0.3 is 116 Å². The Bertz CT molecular complexity index is 1140. The molecule has 0 aliphatic carbocycles. The van der Waals surface area contributed by atoms with Crippen LogP contribution in [0.5, 0.6) is 0 Å². The zero-order valence-corrected chi connectivity index (χ0v) is 18.7. The van der Waals surface area contributed by atoms with E-state index in [-0.39, 0.29) is 25.2 Å². The molecule has 2 aromatic carbocycles. The number of carboxylic acids is 2. The Morgan fingerprint density at radius 3 is 1.87 bits per heavy atom. The van der Waals surface area contributed by atoms with E-state index >= 15 is 0 Å². The van der Waals surface area contributed by atoms with E-state index in [1.165, 1.54) is 0 Å². The number of carboxylic acid groups (broad SMARTS) is 2. The Kier molecular flexibility index (Phi) is 7.92. The Balaban J connectivity index is 0.000000220. The molecule has 2 aliphatic rings. The molecule has 0 saturated heterocycles. The third-order valence-corrected chi connectivity index (χ3v) is 5.75. The summed E-state index contributed by atoms with van der Waals surface area (Å²) in [5.41, 5.74) is -0.525. The summed E-state index contributed by atoms with van der Waals surface area (Å²) in [7, 11) is -4.92. The fourth-order valence-corrected chi connectivity index (χ4v) is 4.15. The molecule has 3 N–H and O–H groups in total. The van der Waals surface area contributed by atoms with Crippen LogP contribution < -0.4 is 2.81 Å². The van der Waals surface area contributed by atoms with Crippen LogP contribution in [-0.4, -0.2) is 88.2 Å². The van der Waals surface area contributed by atoms with Gasteiger partial charge in [-0.2, -0.15) is 8.42 Å². The van der Waals surface area contributed by atoms with E-state index in [0.717, 1.165) is 21.0 Å². The van der Waals surface area contributed by atoms with E-state index in [0.29, 0.717) is 39.1 Å². The molecule has 0 spiro atoms. The number of carbonyl (C=O) groups excluding carboxylic acids is 2. The summed E-state index contributed by atoms with van der Waals surface area (Å²) < 4.78 is 41.3. The quantitative estimate of drug-likeness (QED) is 0.322. The van der Waals surface area contributed by atoms with Gasteiger partial charge in [0.2, 0.25) is 0 Å². The molecule has 2 aliphatic heterocycles. The first-order valence-corrected chi connectivity index (χ1v) is 10.9. The second-order valence-electron chi connectivity index (χ2n) is 6.07. The first-order valence-electron chi connectivity index (χ1n) is 8.45. The molecule has 0 aromatic heterocycles. The van der Waals surface area contributed by atoms with E-state index in [1.807, 2.05) is 0 Å². The van der Waals surface area contributed by atoms with Crippen LogP contribution in [0.3, 0.4) is 0 Å². The molecule has 0 unspecified atom stereocenters. The second-order valence-corrected chi connectivity index (χ2v) is 8.50. The van der Waals surface area contributed by atoms with Crippen LogP contribution in [0.4, 0.5) is 0 Å². The van der Waals surface area contributed by atoms with Crippen LogP contribution in [0, 0.1) is 0 Å².